The molecule has 1 heterocycles. The van der Waals surface area contributed by atoms with Crippen molar-refractivity contribution >= 4 is 5.82 Å². The number of hydrogen-bond acceptors (Lipinski definition) is 4. The van der Waals surface area contributed by atoms with Crippen LogP contribution in [0, 0.1) is 0 Å². The van der Waals surface area contributed by atoms with Gasteiger partial charge in [-0.15, -0.1) is 0 Å². The van der Waals surface area contributed by atoms with Gasteiger partial charge < -0.3 is 11.1 Å². The maximum atomic E-state index is 11.7. The van der Waals surface area contributed by atoms with E-state index < -0.39 is 0 Å². The third kappa shape index (κ3) is 4.80. The molecule has 1 aromatic heterocycles. The predicted octanol–water partition coefficient (Wildman–Crippen LogP) is 2.64. The van der Waals surface area contributed by atoms with Crippen LogP contribution in [0.15, 0.2) is 77.7 Å². The maximum absolute atomic E-state index is 11.7. The monoisotopic (exact) mass is 348 g/mol. The van der Waals surface area contributed by atoms with Crippen LogP contribution in [0.25, 0.3) is 0 Å². The summed E-state index contributed by atoms with van der Waals surface area (Å²) in [7, 11) is 0. The van der Waals surface area contributed by atoms with Gasteiger partial charge in [0.1, 0.15) is 5.82 Å². The summed E-state index contributed by atoms with van der Waals surface area (Å²) in [4.78, 5) is 15.5. The van der Waals surface area contributed by atoms with Crippen molar-refractivity contribution in [1.29, 1.82) is 0 Å². The molecule has 0 fully saturated rings. The van der Waals surface area contributed by atoms with Crippen molar-refractivity contribution < 1.29 is 0 Å². The lowest BCUT2D eigenvalue weighted by molar-refractivity contribution is 0.551. The molecule has 5 nitrogen and oxygen atoms in total. The van der Waals surface area contributed by atoms with Gasteiger partial charge in [0.15, 0.2) is 0 Å². The quantitative estimate of drug-likeness (QED) is 0.614. The van der Waals surface area contributed by atoms with Crippen molar-refractivity contribution in [1.82, 2.24) is 14.9 Å². The molecule has 0 saturated carbocycles. The van der Waals surface area contributed by atoms with Crippen molar-refractivity contribution in [2.45, 2.75) is 18.9 Å². The summed E-state index contributed by atoms with van der Waals surface area (Å²) in [6.45, 7) is 2.30. The summed E-state index contributed by atoms with van der Waals surface area (Å²) in [6.07, 6.45) is 2.54. The van der Waals surface area contributed by atoms with E-state index in [1.807, 2.05) is 12.1 Å². The average Bonchev–Trinajstić information content (AvgIpc) is 2.67. The average molecular weight is 348 g/mol. The first-order valence-corrected chi connectivity index (χ1v) is 8.87. The second-order valence-corrected chi connectivity index (χ2v) is 6.26. The fourth-order valence-electron chi connectivity index (χ4n) is 3.03. The highest BCUT2D eigenvalue weighted by Gasteiger charge is 2.13. The Morgan fingerprint density at radius 1 is 0.962 bits per heavy atom. The van der Waals surface area contributed by atoms with Crippen LogP contribution in [0.3, 0.4) is 0 Å². The third-order valence-corrected chi connectivity index (χ3v) is 4.40. The zero-order valence-electron chi connectivity index (χ0n) is 14.7. The van der Waals surface area contributed by atoms with Crippen LogP contribution in [0.5, 0.6) is 0 Å². The lowest BCUT2D eigenvalue weighted by Crippen LogP contribution is -2.27. The number of nitrogens with two attached hydrogens (primary N) is 1. The van der Waals surface area contributed by atoms with Crippen molar-refractivity contribution in [2.24, 2.45) is 0 Å². The van der Waals surface area contributed by atoms with Gasteiger partial charge in [-0.3, -0.25) is 4.57 Å². The molecule has 0 unspecified atom stereocenters. The number of hydrogen-bond donors (Lipinski definition) is 2. The Morgan fingerprint density at radius 2 is 1.58 bits per heavy atom. The van der Waals surface area contributed by atoms with Gasteiger partial charge in [-0.2, -0.15) is 4.98 Å². The first-order chi connectivity index (χ1) is 12.7. The normalized spacial score (nSPS) is 11.0. The Hall–Kier alpha value is -2.92. The molecule has 0 atom stereocenters. The Labute approximate surface area is 153 Å². The van der Waals surface area contributed by atoms with Crippen LogP contribution in [-0.2, 0) is 6.54 Å². The SMILES string of the molecule is Nc1ccn(CCCNCC(c2ccccc2)c2ccccc2)c(=O)n1. The summed E-state index contributed by atoms with van der Waals surface area (Å²) in [6, 6.07) is 22.7. The highest BCUT2D eigenvalue weighted by Crippen LogP contribution is 2.23. The van der Waals surface area contributed by atoms with Gasteiger partial charge in [-0.25, -0.2) is 4.79 Å². The lowest BCUT2D eigenvalue weighted by atomic mass is 9.91. The minimum absolute atomic E-state index is 0.262. The summed E-state index contributed by atoms with van der Waals surface area (Å²) in [5, 5.41) is 3.52. The highest BCUT2D eigenvalue weighted by atomic mass is 16.1. The molecule has 0 amide bonds. The Kier molecular flexibility index (Phi) is 6.17. The number of nitrogen functional groups attached to an aromatic ring is 1. The summed E-state index contributed by atoms with van der Waals surface area (Å²) < 4.78 is 1.59. The number of benzene rings is 2. The summed E-state index contributed by atoms with van der Waals surface area (Å²) in [5.41, 5.74) is 7.81. The first-order valence-electron chi connectivity index (χ1n) is 8.87. The van der Waals surface area contributed by atoms with Crippen molar-refractivity contribution in [2.75, 3.05) is 18.8 Å². The van der Waals surface area contributed by atoms with Gasteiger partial charge in [0.2, 0.25) is 0 Å². The van der Waals surface area contributed by atoms with E-state index in [-0.39, 0.29) is 11.5 Å². The van der Waals surface area contributed by atoms with Crippen molar-refractivity contribution in [3.05, 3.63) is 94.5 Å². The van der Waals surface area contributed by atoms with Crippen LogP contribution < -0.4 is 16.7 Å². The Morgan fingerprint density at radius 3 is 2.15 bits per heavy atom. The second-order valence-electron chi connectivity index (χ2n) is 6.26. The highest BCUT2D eigenvalue weighted by molar-refractivity contribution is 5.32. The lowest BCUT2D eigenvalue weighted by Gasteiger charge is -2.19. The number of nitrogens with one attached hydrogen (secondary N) is 1. The van der Waals surface area contributed by atoms with E-state index in [9.17, 15) is 4.79 Å². The number of anilines is 1. The molecule has 0 radical (unpaired) electrons. The van der Waals surface area contributed by atoms with E-state index in [2.05, 4.69) is 58.8 Å². The molecule has 0 aliphatic rings. The van der Waals surface area contributed by atoms with E-state index in [0.717, 1.165) is 19.5 Å². The third-order valence-electron chi connectivity index (χ3n) is 4.40. The summed E-state index contributed by atoms with van der Waals surface area (Å²) in [5.74, 6) is 0.566. The standard InChI is InChI=1S/C21H24N4O/c22-20-12-15-25(21(26)24-20)14-7-13-23-16-19(17-8-3-1-4-9-17)18-10-5-2-6-11-18/h1-6,8-12,15,19,23H,7,13-14,16H2,(H2,22,24,26). The predicted molar refractivity (Wildman–Crippen MR) is 105 cm³/mol. The smallest absolute Gasteiger partial charge is 0.349 e. The fraction of sp³-hybridized carbons (Fsp3) is 0.238. The molecule has 0 spiro atoms. The van der Waals surface area contributed by atoms with Gasteiger partial charge in [-0.1, -0.05) is 60.7 Å². The van der Waals surface area contributed by atoms with E-state index in [1.54, 1.807) is 16.8 Å². The topological polar surface area (TPSA) is 72.9 Å². The van der Waals surface area contributed by atoms with Gasteiger partial charge in [0.25, 0.3) is 0 Å². The minimum Gasteiger partial charge on any atom is -0.383 e. The van der Waals surface area contributed by atoms with Gasteiger partial charge in [0, 0.05) is 25.2 Å². The van der Waals surface area contributed by atoms with E-state index in [4.69, 9.17) is 5.73 Å². The zero-order valence-corrected chi connectivity index (χ0v) is 14.7. The Balaban J connectivity index is 1.56. The van der Waals surface area contributed by atoms with Crippen LogP contribution in [0.2, 0.25) is 0 Å². The van der Waals surface area contributed by atoms with Crippen LogP contribution in [0.4, 0.5) is 5.82 Å². The van der Waals surface area contributed by atoms with Gasteiger partial charge in [-0.05, 0) is 30.2 Å². The van der Waals surface area contributed by atoms with Gasteiger partial charge in [0.05, 0.1) is 0 Å². The van der Waals surface area contributed by atoms with Crippen LogP contribution in [-0.4, -0.2) is 22.6 Å². The molecule has 3 aromatic rings. The molecule has 0 aliphatic carbocycles. The minimum atomic E-state index is -0.295. The number of nitrogens with zero attached hydrogens (tertiary/aromatic N) is 2. The molecule has 0 aliphatic heterocycles. The number of aryl methyl sites for hydroxylation is 1. The molecular formula is C21H24N4O. The van der Waals surface area contributed by atoms with Crippen LogP contribution >= 0.6 is 0 Å². The molecule has 26 heavy (non-hydrogen) atoms. The largest absolute Gasteiger partial charge is 0.383 e. The number of aromatic nitrogens is 2. The molecule has 0 saturated heterocycles. The van der Waals surface area contributed by atoms with E-state index in [1.165, 1.54) is 11.1 Å². The molecular weight excluding hydrogens is 324 g/mol. The molecule has 2 aromatic carbocycles. The molecule has 3 rings (SSSR count). The molecule has 3 N–H and O–H groups in total. The van der Waals surface area contributed by atoms with Crippen LogP contribution in [0.1, 0.15) is 23.5 Å². The first kappa shape index (κ1) is 17.9. The molecule has 134 valence electrons. The number of rotatable bonds is 8. The zero-order chi connectivity index (χ0) is 18.2. The second kappa shape index (κ2) is 8.97. The maximum Gasteiger partial charge on any atom is 0.349 e. The van der Waals surface area contributed by atoms with Crippen molar-refractivity contribution in [3.8, 4) is 0 Å². The van der Waals surface area contributed by atoms with E-state index >= 15 is 0 Å². The van der Waals surface area contributed by atoms with E-state index in [0.29, 0.717) is 12.5 Å². The molecule has 5 heteroatoms. The summed E-state index contributed by atoms with van der Waals surface area (Å²) >= 11 is 0. The fourth-order valence-corrected chi connectivity index (χ4v) is 3.03. The van der Waals surface area contributed by atoms with Crippen molar-refractivity contribution in [3.63, 3.8) is 0 Å². The molecule has 0 bridgehead atoms. The Bertz CT molecular complexity index is 822. The van der Waals surface area contributed by atoms with Gasteiger partial charge >= 0.3 is 5.69 Å².